The highest BCUT2D eigenvalue weighted by Gasteiger charge is 2.15. The van der Waals surface area contributed by atoms with E-state index in [2.05, 4.69) is 10.1 Å². The van der Waals surface area contributed by atoms with Gasteiger partial charge < -0.3 is 20.1 Å². The minimum absolute atomic E-state index is 0.00615. The van der Waals surface area contributed by atoms with Gasteiger partial charge >= 0.3 is 11.9 Å². The predicted molar refractivity (Wildman–Crippen MR) is 158 cm³/mol. The number of hydrogen-bond donors (Lipinski definition) is 2. The van der Waals surface area contributed by atoms with Gasteiger partial charge in [0.2, 0.25) is 0 Å². The van der Waals surface area contributed by atoms with E-state index >= 15 is 0 Å². The van der Waals surface area contributed by atoms with Gasteiger partial charge in [0.05, 0.1) is 19.1 Å². The summed E-state index contributed by atoms with van der Waals surface area (Å²) in [5, 5.41) is 11.7. The number of anilines is 2. The molecule has 0 saturated heterocycles. The maximum absolute atomic E-state index is 12.9. The number of rotatable bonds is 9. The maximum atomic E-state index is 12.9. The monoisotopic (exact) mass is 548 g/mol. The molecule has 0 heterocycles. The van der Waals surface area contributed by atoms with Gasteiger partial charge in [-0.2, -0.15) is 0 Å². The van der Waals surface area contributed by atoms with Crippen molar-refractivity contribution < 1.29 is 29.0 Å². The van der Waals surface area contributed by atoms with Crippen LogP contribution in [0.4, 0.5) is 11.4 Å². The third kappa shape index (κ3) is 7.54. The number of benzene rings is 4. The fraction of sp³-hybridized carbons (Fsp3) is 0.0909. The van der Waals surface area contributed by atoms with Gasteiger partial charge in [0.15, 0.2) is 0 Å². The molecule has 0 aliphatic rings. The van der Waals surface area contributed by atoms with E-state index in [1.807, 2.05) is 36.4 Å². The summed E-state index contributed by atoms with van der Waals surface area (Å²) in [6.45, 7) is 0. The normalized spacial score (nSPS) is 10.7. The van der Waals surface area contributed by atoms with Crippen LogP contribution in [0.5, 0.6) is 0 Å². The molecule has 4 rings (SSSR count). The van der Waals surface area contributed by atoms with E-state index in [0.29, 0.717) is 28.1 Å². The zero-order valence-corrected chi connectivity index (χ0v) is 22.5. The third-order valence-corrected chi connectivity index (χ3v) is 6.35. The molecule has 2 amide bonds. The number of ether oxygens (including phenoxy) is 1. The van der Waals surface area contributed by atoms with E-state index in [1.54, 1.807) is 67.7 Å². The minimum atomic E-state index is -0.862. The molecule has 8 nitrogen and oxygen atoms in total. The van der Waals surface area contributed by atoms with Gasteiger partial charge in [-0.1, -0.05) is 48.6 Å². The van der Waals surface area contributed by atoms with Crippen LogP contribution in [-0.2, 0) is 16.0 Å². The van der Waals surface area contributed by atoms with Crippen LogP contribution in [-0.4, -0.2) is 43.0 Å². The van der Waals surface area contributed by atoms with Gasteiger partial charge in [0, 0.05) is 29.5 Å². The molecule has 4 aromatic carbocycles. The van der Waals surface area contributed by atoms with Crippen molar-refractivity contribution in [2.45, 2.75) is 6.42 Å². The fourth-order valence-electron chi connectivity index (χ4n) is 4.01. The molecule has 0 fully saturated rings. The average molecular weight is 549 g/mol. The Labute approximate surface area is 237 Å². The molecular weight excluding hydrogens is 520 g/mol. The molecule has 2 N–H and O–H groups in total. The molecule has 0 aliphatic heterocycles. The van der Waals surface area contributed by atoms with Crippen molar-refractivity contribution in [3.05, 3.63) is 130 Å². The second kappa shape index (κ2) is 13.0. The van der Waals surface area contributed by atoms with Crippen LogP contribution >= 0.6 is 0 Å². The SMILES string of the molecule is COC(=O)c1ccc(C(=O)N(C)c2ccc(C(=O)Nc3ccc(C=Cc4ccc(CC(=O)O)cc4)cc3)cc2)cc1. The van der Waals surface area contributed by atoms with E-state index in [-0.39, 0.29) is 18.2 Å². The molecule has 8 heteroatoms. The van der Waals surface area contributed by atoms with Gasteiger partial charge in [-0.15, -0.1) is 0 Å². The van der Waals surface area contributed by atoms with E-state index in [9.17, 15) is 19.2 Å². The van der Waals surface area contributed by atoms with Crippen LogP contribution < -0.4 is 10.2 Å². The molecule has 0 spiro atoms. The van der Waals surface area contributed by atoms with Crippen molar-refractivity contribution in [2.24, 2.45) is 0 Å². The zero-order chi connectivity index (χ0) is 29.4. The van der Waals surface area contributed by atoms with Crippen LogP contribution in [0.25, 0.3) is 12.2 Å². The topological polar surface area (TPSA) is 113 Å². The number of amides is 2. The quantitative estimate of drug-likeness (QED) is 0.202. The zero-order valence-electron chi connectivity index (χ0n) is 22.5. The summed E-state index contributed by atoms with van der Waals surface area (Å²) in [4.78, 5) is 49.5. The van der Waals surface area contributed by atoms with Crippen molar-refractivity contribution in [2.75, 3.05) is 24.4 Å². The van der Waals surface area contributed by atoms with Crippen molar-refractivity contribution in [1.82, 2.24) is 0 Å². The van der Waals surface area contributed by atoms with Gasteiger partial charge in [-0.25, -0.2) is 4.79 Å². The molecule has 0 radical (unpaired) electrons. The van der Waals surface area contributed by atoms with Gasteiger partial charge in [-0.05, 0) is 77.4 Å². The van der Waals surface area contributed by atoms with Crippen LogP contribution in [0.3, 0.4) is 0 Å². The number of nitrogens with zero attached hydrogens (tertiary/aromatic N) is 1. The number of nitrogens with one attached hydrogen (secondary N) is 1. The molecular formula is C33H28N2O6. The van der Waals surface area contributed by atoms with E-state index in [1.165, 1.54) is 24.1 Å². The van der Waals surface area contributed by atoms with Crippen molar-refractivity contribution in [3.63, 3.8) is 0 Å². The summed E-state index contributed by atoms with van der Waals surface area (Å²) in [5.41, 5.74) is 5.08. The number of methoxy groups -OCH3 is 1. The summed E-state index contributed by atoms with van der Waals surface area (Å²) < 4.78 is 4.68. The van der Waals surface area contributed by atoms with E-state index in [0.717, 1.165) is 16.7 Å². The number of aliphatic carboxylic acids is 1. The highest BCUT2D eigenvalue weighted by Crippen LogP contribution is 2.19. The van der Waals surface area contributed by atoms with Crippen molar-refractivity contribution >= 4 is 47.3 Å². The van der Waals surface area contributed by atoms with Crippen LogP contribution in [0.15, 0.2) is 97.1 Å². The highest BCUT2D eigenvalue weighted by atomic mass is 16.5. The maximum Gasteiger partial charge on any atom is 0.337 e. The summed E-state index contributed by atoms with van der Waals surface area (Å²) in [6, 6.07) is 27.6. The molecule has 0 bridgehead atoms. The first kappa shape index (κ1) is 28.5. The first-order valence-corrected chi connectivity index (χ1v) is 12.7. The number of carboxylic acids is 1. The van der Waals surface area contributed by atoms with Crippen molar-refractivity contribution in [1.29, 1.82) is 0 Å². The summed E-state index contributed by atoms with van der Waals surface area (Å²) in [7, 11) is 2.93. The Bertz CT molecular complexity index is 1570. The Hall–Kier alpha value is -5.50. The smallest absolute Gasteiger partial charge is 0.337 e. The first-order chi connectivity index (χ1) is 19.7. The second-order valence-corrected chi connectivity index (χ2v) is 9.20. The van der Waals surface area contributed by atoms with Crippen molar-refractivity contribution in [3.8, 4) is 0 Å². The minimum Gasteiger partial charge on any atom is -0.481 e. The lowest BCUT2D eigenvalue weighted by molar-refractivity contribution is -0.136. The number of carboxylic acid groups (broad SMARTS) is 1. The molecule has 41 heavy (non-hydrogen) atoms. The molecule has 0 saturated carbocycles. The van der Waals surface area contributed by atoms with Gasteiger partial charge in [0.1, 0.15) is 0 Å². The Kier molecular flexibility index (Phi) is 9.06. The Morgan fingerprint density at radius 2 is 1.24 bits per heavy atom. The number of hydrogen-bond acceptors (Lipinski definition) is 5. The number of carbonyl (C=O) groups excluding carboxylic acids is 3. The van der Waals surface area contributed by atoms with Gasteiger partial charge in [-0.3, -0.25) is 14.4 Å². The Balaban J connectivity index is 1.33. The Morgan fingerprint density at radius 3 is 1.78 bits per heavy atom. The second-order valence-electron chi connectivity index (χ2n) is 9.20. The number of carbonyl (C=O) groups is 4. The molecule has 0 aromatic heterocycles. The largest absolute Gasteiger partial charge is 0.481 e. The lowest BCUT2D eigenvalue weighted by Gasteiger charge is -2.18. The molecule has 0 unspecified atom stereocenters. The van der Waals surface area contributed by atoms with Gasteiger partial charge in [0.25, 0.3) is 11.8 Å². The lowest BCUT2D eigenvalue weighted by Crippen LogP contribution is -2.26. The highest BCUT2D eigenvalue weighted by molar-refractivity contribution is 6.07. The molecule has 206 valence electrons. The lowest BCUT2D eigenvalue weighted by atomic mass is 10.1. The van der Waals surface area contributed by atoms with Crippen LogP contribution in [0.2, 0.25) is 0 Å². The van der Waals surface area contributed by atoms with E-state index < -0.39 is 11.9 Å². The summed E-state index contributed by atoms with van der Waals surface area (Å²) in [6.07, 6.45) is 3.86. The average Bonchev–Trinajstić information content (AvgIpc) is 3.00. The summed E-state index contributed by atoms with van der Waals surface area (Å²) in [5.74, 6) is -1.88. The Morgan fingerprint density at radius 1 is 0.732 bits per heavy atom. The number of esters is 1. The standard InChI is InChI=1S/C33H28N2O6/c1-35(32(39)26-11-13-27(14-12-26)33(40)41-2)29-19-15-25(16-20-29)31(38)34-28-17-9-23(10-18-28)4-3-22-5-7-24(8-6-22)21-30(36)37/h3-20H,21H2,1-2H3,(H,34,38)(H,36,37). The molecule has 0 atom stereocenters. The fourth-order valence-corrected chi connectivity index (χ4v) is 4.01. The third-order valence-electron chi connectivity index (χ3n) is 6.35. The predicted octanol–water partition coefficient (Wildman–Crippen LogP) is 5.80. The first-order valence-electron chi connectivity index (χ1n) is 12.7. The van der Waals surface area contributed by atoms with Crippen LogP contribution in [0.1, 0.15) is 47.8 Å². The van der Waals surface area contributed by atoms with Crippen LogP contribution in [0, 0.1) is 0 Å². The molecule has 4 aromatic rings. The molecule has 0 aliphatic carbocycles. The van der Waals surface area contributed by atoms with E-state index in [4.69, 9.17) is 5.11 Å². The summed E-state index contributed by atoms with van der Waals surface area (Å²) >= 11 is 0.